The Balaban J connectivity index is 1.94. The fraction of sp³-hybridized carbons (Fsp3) is 0.615. The fourth-order valence-corrected chi connectivity index (χ4v) is 3.22. The van der Waals surface area contributed by atoms with Crippen molar-refractivity contribution < 1.29 is 4.74 Å². The van der Waals surface area contributed by atoms with Crippen LogP contribution in [0.4, 0.5) is 0 Å². The Labute approximate surface area is 118 Å². The van der Waals surface area contributed by atoms with Gasteiger partial charge in [-0.1, -0.05) is 30.3 Å². The molecule has 3 nitrogen and oxygen atoms in total. The minimum absolute atomic E-state index is 0.430. The van der Waals surface area contributed by atoms with Crippen molar-refractivity contribution >= 4 is 23.4 Å². The number of halogens is 1. The van der Waals surface area contributed by atoms with Crippen LogP contribution in [0.3, 0.4) is 0 Å². The van der Waals surface area contributed by atoms with E-state index in [1.54, 1.807) is 18.0 Å². The summed E-state index contributed by atoms with van der Waals surface area (Å²) in [5, 5.41) is 5.72. The van der Waals surface area contributed by atoms with E-state index in [0.29, 0.717) is 16.3 Å². The molecule has 1 fully saturated rings. The second kappa shape index (κ2) is 7.34. The standard InChI is InChI=1S/C13H19ClN2OS/c1-2-6-15-11-5-7-17-9-12(11)18-13-4-3-10(14)8-16-13/h3-4,8,11-12,15H,2,5-7,9H2,1H3. The SMILES string of the molecule is CCCNC1CCOCC1Sc1ccc(Cl)cn1. The second-order valence-electron chi connectivity index (χ2n) is 4.40. The van der Waals surface area contributed by atoms with E-state index in [1.807, 2.05) is 12.1 Å². The van der Waals surface area contributed by atoms with Crippen molar-refractivity contribution in [3.05, 3.63) is 23.4 Å². The van der Waals surface area contributed by atoms with Gasteiger partial charge in [-0.25, -0.2) is 4.98 Å². The van der Waals surface area contributed by atoms with E-state index in [4.69, 9.17) is 16.3 Å². The monoisotopic (exact) mass is 286 g/mol. The minimum atomic E-state index is 0.430. The van der Waals surface area contributed by atoms with Gasteiger partial charge in [-0.3, -0.25) is 0 Å². The zero-order valence-electron chi connectivity index (χ0n) is 10.6. The van der Waals surface area contributed by atoms with Crippen LogP contribution in [0.5, 0.6) is 0 Å². The first-order valence-electron chi connectivity index (χ1n) is 6.39. The van der Waals surface area contributed by atoms with Crippen molar-refractivity contribution in [2.45, 2.75) is 36.1 Å². The molecule has 2 rings (SSSR count). The molecule has 1 aromatic rings. The summed E-state index contributed by atoms with van der Waals surface area (Å²) in [4.78, 5) is 4.33. The predicted molar refractivity (Wildman–Crippen MR) is 76.4 cm³/mol. The Bertz CT molecular complexity index is 361. The van der Waals surface area contributed by atoms with Gasteiger partial charge in [-0.2, -0.15) is 0 Å². The first-order chi connectivity index (χ1) is 8.79. The molecule has 100 valence electrons. The Morgan fingerprint density at radius 3 is 3.17 bits per heavy atom. The molecule has 1 N–H and O–H groups in total. The Kier molecular flexibility index (Phi) is 5.76. The van der Waals surface area contributed by atoms with Crippen LogP contribution in [0.25, 0.3) is 0 Å². The molecule has 1 aliphatic rings. The van der Waals surface area contributed by atoms with Crippen molar-refractivity contribution in [2.24, 2.45) is 0 Å². The second-order valence-corrected chi connectivity index (χ2v) is 6.09. The molecule has 0 bridgehead atoms. The summed E-state index contributed by atoms with van der Waals surface area (Å²) in [7, 11) is 0. The number of nitrogens with one attached hydrogen (secondary N) is 1. The van der Waals surface area contributed by atoms with Gasteiger partial charge in [0.2, 0.25) is 0 Å². The summed E-state index contributed by atoms with van der Waals surface area (Å²) in [5.74, 6) is 0. The summed E-state index contributed by atoms with van der Waals surface area (Å²) in [6.07, 6.45) is 3.93. The zero-order chi connectivity index (χ0) is 12.8. The maximum absolute atomic E-state index is 5.84. The Hall–Kier alpha value is -0.290. The van der Waals surface area contributed by atoms with Crippen LogP contribution in [-0.4, -0.2) is 36.0 Å². The molecule has 0 saturated carbocycles. The third kappa shape index (κ3) is 4.12. The molecule has 2 atom stereocenters. The summed E-state index contributed by atoms with van der Waals surface area (Å²) in [6.45, 7) is 4.90. The largest absolute Gasteiger partial charge is 0.380 e. The lowest BCUT2D eigenvalue weighted by Crippen LogP contribution is -2.45. The van der Waals surface area contributed by atoms with Crippen LogP contribution >= 0.6 is 23.4 Å². The van der Waals surface area contributed by atoms with Crippen molar-refractivity contribution in [1.82, 2.24) is 10.3 Å². The maximum atomic E-state index is 5.84. The van der Waals surface area contributed by atoms with Crippen molar-refractivity contribution in [3.8, 4) is 0 Å². The fourth-order valence-electron chi connectivity index (χ4n) is 1.98. The molecule has 5 heteroatoms. The van der Waals surface area contributed by atoms with Crippen LogP contribution < -0.4 is 5.32 Å². The first-order valence-corrected chi connectivity index (χ1v) is 7.64. The number of hydrogen-bond acceptors (Lipinski definition) is 4. The third-order valence-electron chi connectivity index (χ3n) is 2.93. The number of rotatable bonds is 5. The number of hydrogen-bond donors (Lipinski definition) is 1. The molecule has 0 amide bonds. The van der Waals surface area contributed by atoms with Crippen molar-refractivity contribution in [2.75, 3.05) is 19.8 Å². The van der Waals surface area contributed by atoms with Crippen LogP contribution in [0.2, 0.25) is 5.02 Å². The number of pyridine rings is 1. The van der Waals surface area contributed by atoms with Gasteiger partial charge in [-0.05, 0) is 31.5 Å². The first kappa shape index (κ1) is 14.1. The van der Waals surface area contributed by atoms with Gasteiger partial charge < -0.3 is 10.1 Å². The summed E-state index contributed by atoms with van der Waals surface area (Å²) in [6, 6.07) is 4.37. The van der Waals surface area contributed by atoms with E-state index in [9.17, 15) is 0 Å². The van der Waals surface area contributed by atoms with Gasteiger partial charge in [-0.15, -0.1) is 0 Å². The Morgan fingerprint density at radius 2 is 2.44 bits per heavy atom. The molecular formula is C13H19ClN2OS. The lowest BCUT2D eigenvalue weighted by molar-refractivity contribution is 0.0833. The van der Waals surface area contributed by atoms with Crippen LogP contribution in [0.1, 0.15) is 19.8 Å². The highest BCUT2D eigenvalue weighted by molar-refractivity contribution is 8.00. The van der Waals surface area contributed by atoms with Gasteiger partial charge in [0.15, 0.2) is 0 Å². The lowest BCUT2D eigenvalue weighted by atomic mass is 10.1. The number of aromatic nitrogens is 1. The average Bonchev–Trinajstić information content (AvgIpc) is 2.40. The van der Waals surface area contributed by atoms with Crippen LogP contribution in [0.15, 0.2) is 23.4 Å². The number of ether oxygens (including phenoxy) is 1. The third-order valence-corrected chi connectivity index (χ3v) is 4.41. The molecule has 2 unspecified atom stereocenters. The smallest absolute Gasteiger partial charge is 0.0965 e. The maximum Gasteiger partial charge on any atom is 0.0965 e. The molecule has 1 saturated heterocycles. The average molecular weight is 287 g/mol. The molecule has 1 aromatic heterocycles. The van der Waals surface area contributed by atoms with Gasteiger partial charge in [0.25, 0.3) is 0 Å². The highest BCUT2D eigenvalue weighted by atomic mass is 35.5. The molecule has 18 heavy (non-hydrogen) atoms. The minimum Gasteiger partial charge on any atom is -0.380 e. The Morgan fingerprint density at radius 1 is 1.56 bits per heavy atom. The molecule has 2 heterocycles. The number of nitrogens with zero attached hydrogens (tertiary/aromatic N) is 1. The van der Waals surface area contributed by atoms with Gasteiger partial charge in [0.1, 0.15) is 0 Å². The normalized spacial score (nSPS) is 24.1. The topological polar surface area (TPSA) is 34.1 Å². The molecular weight excluding hydrogens is 268 g/mol. The van der Waals surface area contributed by atoms with E-state index in [1.165, 1.54) is 0 Å². The van der Waals surface area contributed by atoms with Gasteiger partial charge >= 0.3 is 0 Å². The van der Waals surface area contributed by atoms with E-state index in [0.717, 1.165) is 37.6 Å². The van der Waals surface area contributed by atoms with Crippen molar-refractivity contribution in [1.29, 1.82) is 0 Å². The molecule has 0 aliphatic carbocycles. The quantitative estimate of drug-likeness (QED) is 0.902. The van der Waals surface area contributed by atoms with E-state index in [-0.39, 0.29) is 0 Å². The molecule has 1 aliphatic heterocycles. The molecule has 0 radical (unpaired) electrons. The lowest BCUT2D eigenvalue weighted by Gasteiger charge is -2.31. The highest BCUT2D eigenvalue weighted by Gasteiger charge is 2.26. The summed E-state index contributed by atoms with van der Waals surface area (Å²) in [5.41, 5.74) is 0. The summed E-state index contributed by atoms with van der Waals surface area (Å²) < 4.78 is 5.57. The van der Waals surface area contributed by atoms with Crippen molar-refractivity contribution in [3.63, 3.8) is 0 Å². The van der Waals surface area contributed by atoms with E-state index in [2.05, 4.69) is 17.2 Å². The zero-order valence-corrected chi connectivity index (χ0v) is 12.1. The molecule has 0 aromatic carbocycles. The van der Waals surface area contributed by atoms with E-state index >= 15 is 0 Å². The summed E-state index contributed by atoms with van der Waals surface area (Å²) >= 11 is 7.62. The van der Waals surface area contributed by atoms with Crippen LogP contribution in [-0.2, 0) is 4.74 Å². The predicted octanol–water partition coefficient (Wildman–Crippen LogP) is 2.98. The van der Waals surface area contributed by atoms with Crippen LogP contribution in [0, 0.1) is 0 Å². The molecule has 0 spiro atoms. The van der Waals surface area contributed by atoms with Gasteiger partial charge in [0.05, 0.1) is 16.7 Å². The van der Waals surface area contributed by atoms with E-state index < -0.39 is 0 Å². The highest BCUT2D eigenvalue weighted by Crippen LogP contribution is 2.28. The number of thioether (sulfide) groups is 1. The van der Waals surface area contributed by atoms with Gasteiger partial charge in [0, 0.05) is 24.1 Å².